The Balaban J connectivity index is 1.56. The standard InChI is InChI=1S/C28H35N7O/c1-5-7-9-21(3)30-19-26-27(6-2)33(4)14-15-34(28(26)36)24-10-8-11-25(16-24)35-20-23(31-32-35)18-29-17-22-12-13-22/h6-11,16,19-20,22,29H,2-3,5,12-15,17-18H2,1,4H3/b9-7+,30-19?. The number of aliphatic imine (C=N–C) groups is 1. The molecule has 1 aliphatic heterocycles. The summed E-state index contributed by atoms with van der Waals surface area (Å²) in [4.78, 5) is 22.0. The van der Waals surface area contributed by atoms with Crippen molar-refractivity contribution in [3.05, 3.63) is 84.5 Å². The molecular formula is C28H35N7O. The second-order valence-corrected chi connectivity index (χ2v) is 9.19. The molecule has 188 valence electrons. The second-order valence-electron chi connectivity index (χ2n) is 9.19. The summed E-state index contributed by atoms with van der Waals surface area (Å²) in [5, 5.41) is 12.0. The minimum absolute atomic E-state index is 0.133. The average Bonchev–Trinajstić information content (AvgIpc) is 3.61. The Kier molecular flexibility index (Phi) is 8.28. The fourth-order valence-corrected chi connectivity index (χ4v) is 4.05. The number of hydrogen-bond acceptors (Lipinski definition) is 6. The molecule has 8 heteroatoms. The second kappa shape index (κ2) is 11.8. The maximum absolute atomic E-state index is 13.7. The van der Waals surface area contributed by atoms with E-state index in [0.717, 1.165) is 41.6 Å². The summed E-state index contributed by atoms with van der Waals surface area (Å²) in [6, 6.07) is 7.80. The van der Waals surface area contributed by atoms with Crippen molar-refractivity contribution in [2.24, 2.45) is 10.9 Å². The monoisotopic (exact) mass is 485 g/mol. The van der Waals surface area contributed by atoms with E-state index in [1.54, 1.807) is 21.9 Å². The molecule has 2 aliphatic rings. The Morgan fingerprint density at radius 3 is 2.83 bits per heavy atom. The van der Waals surface area contributed by atoms with Gasteiger partial charge in [0.15, 0.2) is 0 Å². The van der Waals surface area contributed by atoms with E-state index in [0.29, 0.717) is 30.9 Å². The van der Waals surface area contributed by atoms with Gasteiger partial charge in [-0.15, -0.1) is 5.10 Å². The quantitative estimate of drug-likeness (QED) is 0.384. The number of allylic oxidation sites excluding steroid dienone is 3. The predicted octanol–water partition coefficient (Wildman–Crippen LogP) is 4.04. The highest BCUT2D eigenvalue weighted by Crippen LogP contribution is 2.27. The molecule has 0 bridgehead atoms. The number of anilines is 1. The lowest BCUT2D eigenvalue weighted by atomic mass is 10.1. The van der Waals surface area contributed by atoms with E-state index in [1.165, 1.54) is 12.8 Å². The molecule has 0 saturated heterocycles. The first-order chi connectivity index (χ1) is 17.5. The largest absolute Gasteiger partial charge is 0.372 e. The number of carbonyl (C=O) groups is 1. The smallest absolute Gasteiger partial charge is 0.262 e. The van der Waals surface area contributed by atoms with Gasteiger partial charge in [-0.25, -0.2) is 4.68 Å². The van der Waals surface area contributed by atoms with Crippen LogP contribution in [-0.2, 0) is 11.3 Å². The number of hydrogen-bond donors (Lipinski definition) is 1. The van der Waals surface area contributed by atoms with Gasteiger partial charge in [0.1, 0.15) is 0 Å². The number of carbonyl (C=O) groups excluding carboxylic acids is 1. The minimum atomic E-state index is -0.133. The maximum Gasteiger partial charge on any atom is 0.262 e. The summed E-state index contributed by atoms with van der Waals surface area (Å²) in [5.74, 6) is 0.685. The molecule has 1 aliphatic carbocycles. The third kappa shape index (κ3) is 6.26. The fourth-order valence-electron chi connectivity index (χ4n) is 4.05. The van der Waals surface area contributed by atoms with Gasteiger partial charge in [0.2, 0.25) is 0 Å². The van der Waals surface area contributed by atoms with E-state index in [4.69, 9.17) is 0 Å². The van der Waals surface area contributed by atoms with E-state index in [1.807, 2.05) is 61.5 Å². The van der Waals surface area contributed by atoms with E-state index < -0.39 is 0 Å². The summed E-state index contributed by atoms with van der Waals surface area (Å²) in [5.41, 5.74) is 4.34. The van der Waals surface area contributed by atoms with Crippen molar-refractivity contribution in [2.75, 3.05) is 31.6 Å². The highest BCUT2D eigenvalue weighted by molar-refractivity contribution is 6.20. The molecular weight excluding hydrogens is 450 g/mol. The van der Waals surface area contributed by atoms with Crippen LogP contribution in [0.3, 0.4) is 0 Å². The molecule has 0 atom stereocenters. The van der Waals surface area contributed by atoms with Crippen LogP contribution in [0.25, 0.3) is 5.69 Å². The van der Waals surface area contributed by atoms with Crippen LogP contribution in [0.4, 0.5) is 5.69 Å². The van der Waals surface area contributed by atoms with E-state index in [9.17, 15) is 4.79 Å². The topological polar surface area (TPSA) is 78.6 Å². The van der Waals surface area contributed by atoms with Gasteiger partial charge >= 0.3 is 0 Å². The van der Waals surface area contributed by atoms with Crippen LogP contribution in [0.1, 0.15) is 31.9 Å². The third-order valence-corrected chi connectivity index (χ3v) is 6.30. The van der Waals surface area contributed by atoms with Crippen LogP contribution in [0.5, 0.6) is 0 Å². The van der Waals surface area contributed by atoms with E-state index in [-0.39, 0.29) is 5.91 Å². The SMILES string of the molecule is C=CC1=C(C=NC(=C)/C=C/CC)C(=O)N(c2cccc(-n3cc(CNCC4CC4)nn3)c2)CCN1C. The molecule has 1 aromatic carbocycles. The average molecular weight is 486 g/mol. The summed E-state index contributed by atoms with van der Waals surface area (Å²) in [6.07, 6.45) is 12.6. The zero-order valence-corrected chi connectivity index (χ0v) is 21.2. The van der Waals surface area contributed by atoms with Gasteiger partial charge in [0.25, 0.3) is 5.91 Å². The van der Waals surface area contributed by atoms with Gasteiger partial charge in [-0.05, 0) is 62.1 Å². The molecule has 36 heavy (non-hydrogen) atoms. The molecule has 1 saturated carbocycles. The molecule has 4 rings (SSSR count). The number of aromatic nitrogens is 3. The molecule has 1 fully saturated rings. The number of amides is 1. The van der Waals surface area contributed by atoms with Crippen molar-refractivity contribution in [1.29, 1.82) is 0 Å². The normalized spacial score (nSPS) is 16.9. The Labute approximate surface area is 213 Å². The van der Waals surface area contributed by atoms with Crippen molar-refractivity contribution < 1.29 is 4.79 Å². The van der Waals surface area contributed by atoms with E-state index in [2.05, 4.69) is 33.8 Å². The Hall–Kier alpha value is -3.78. The Morgan fingerprint density at radius 2 is 2.08 bits per heavy atom. The molecule has 2 aromatic rings. The first-order valence-corrected chi connectivity index (χ1v) is 12.5. The number of nitrogens with zero attached hydrogens (tertiary/aromatic N) is 6. The zero-order valence-electron chi connectivity index (χ0n) is 21.2. The van der Waals surface area contributed by atoms with Gasteiger partial charge < -0.3 is 15.1 Å². The molecule has 1 N–H and O–H groups in total. The fraction of sp³-hybridized carbons (Fsp3) is 0.357. The summed E-state index contributed by atoms with van der Waals surface area (Å²) in [7, 11) is 1.96. The lowest BCUT2D eigenvalue weighted by Crippen LogP contribution is -2.34. The molecule has 1 aromatic heterocycles. The van der Waals surface area contributed by atoms with Gasteiger partial charge in [0.05, 0.1) is 34.5 Å². The molecule has 8 nitrogen and oxygen atoms in total. The number of rotatable bonds is 11. The van der Waals surface area contributed by atoms with Gasteiger partial charge in [-0.3, -0.25) is 9.79 Å². The Bertz CT molecular complexity index is 1200. The van der Waals surface area contributed by atoms with Crippen LogP contribution >= 0.6 is 0 Å². The molecule has 2 heterocycles. The third-order valence-electron chi connectivity index (χ3n) is 6.30. The minimum Gasteiger partial charge on any atom is -0.372 e. The van der Waals surface area contributed by atoms with Crippen molar-refractivity contribution >= 4 is 17.8 Å². The molecule has 0 spiro atoms. The lowest BCUT2D eigenvalue weighted by molar-refractivity contribution is -0.114. The maximum atomic E-state index is 13.7. The van der Waals surface area contributed by atoms with Gasteiger partial charge in [-0.1, -0.05) is 37.4 Å². The van der Waals surface area contributed by atoms with Gasteiger partial charge in [0, 0.05) is 38.6 Å². The van der Waals surface area contributed by atoms with Crippen LogP contribution in [0, 0.1) is 5.92 Å². The number of likely N-dealkylation sites (N-methyl/N-ethyl adjacent to an activating group) is 1. The van der Waals surface area contributed by atoms with E-state index >= 15 is 0 Å². The van der Waals surface area contributed by atoms with Crippen LogP contribution < -0.4 is 10.2 Å². The first kappa shape index (κ1) is 25.3. The highest BCUT2D eigenvalue weighted by Gasteiger charge is 2.27. The number of benzene rings is 1. The summed E-state index contributed by atoms with van der Waals surface area (Å²) >= 11 is 0. The lowest BCUT2D eigenvalue weighted by Gasteiger charge is -2.22. The van der Waals surface area contributed by atoms with Crippen LogP contribution in [0.2, 0.25) is 0 Å². The summed E-state index contributed by atoms with van der Waals surface area (Å²) < 4.78 is 1.75. The predicted molar refractivity (Wildman–Crippen MR) is 145 cm³/mol. The first-order valence-electron chi connectivity index (χ1n) is 12.5. The molecule has 0 radical (unpaired) electrons. The Morgan fingerprint density at radius 1 is 1.28 bits per heavy atom. The summed E-state index contributed by atoms with van der Waals surface area (Å²) in [6.45, 7) is 12.9. The van der Waals surface area contributed by atoms with Crippen LogP contribution in [0.15, 0.2) is 83.8 Å². The van der Waals surface area contributed by atoms with Crippen molar-refractivity contribution in [3.63, 3.8) is 0 Å². The van der Waals surface area contributed by atoms with Crippen molar-refractivity contribution in [3.8, 4) is 5.69 Å². The zero-order chi connectivity index (χ0) is 25.5. The number of nitrogens with one attached hydrogen (secondary N) is 1. The van der Waals surface area contributed by atoms with Crippen LogP contribution in [-0.4, -0.2) is 58.7 Å². The van der Waals surface area contributed by atoms with Crippen molar-refractivity contribution in [2.45, 2.75) is 32.7 Å². The molecule has 1 amide bonds. The van der Waals surface area contributed by atoms with Crippen molar-refractivity contribution in [1.82, 2.24) is 25.2 Å². The molecule has 0 unspecified atom stereocenters. The highest BCUT2D eigenvalue weighted by atomic mass is 16.2. The van der Waals surface area contributed by atoms with Gasteiger partial charge in [-0.2, -0.15) is 0 Å².